The minimum atomic E-state index is -0.430. The molecule has 4 heterocycles. The maximum Gasteiger partial charge on any atom is 0.322 e. The second kappa shape index (κ2) is 8.30. The summed E-state index contributed by atoms with van der Waals surface area (Å²) < 4.78 is 5.68. The van der Waals surface area contributed by atoms with Crippen molar-refractivity contribution in [2.24, 2.45) is 0 Å². The van der Waals surface area contributed by atoms with Crippen molar-refractivity contribution in [3.8, 4) is 10.7 Å². The van der Waals surface area contributed by atoms with Crippen LogP contribution in [-0.2, 0) is 6.54 Å². The number of nitrogens with one attached hydrogen (secondary N) is 1. The van der Waals surface area contributed by atoms with E-state index in [1.165, 1.54) is 0 Å². The first kappa shape index (κ1) is 20.0. The summed E-state index contributed by atoms with van der Waals surface area (Å²) in [6.45, 7) is 2.39. The number of allylic oxidation sites excluding steroid dienone is 1. The van der Waals surface area contributed by atoms with Crippen molar-refractivity contribution in [1.82, 2.24) is 20.4 Å². The number of carbonyl (C=O) groups excluding carboxylic acids is 1. The average molecular weight is 469 g/mol. The van der Waals surface area contributed by atoms with Crippen molar-refractivity contribution < 1.29 is 9.32 Å². The molecule has 1 aromatic carbocycles. The van der Waals surface area contributed by atoms with E-state index in [-0.39, 0.29) is 6.03 Å². The Hall–Kier alpha value is -2.94. The van der Waals surface area contributed by atoms with Crippen LogP contribution in [0.3, 0.4) is 0 Å². The topological polar surface area (TPSA) is 71.3 Å². The van der Waals surface area contributed by atoms with E-state index in [9.17, 15) is 4.79 Å². The second-order valence-corrected chi connectivity index (χ2v) is 9.42. The van der Waals surface area contributed by atoms with Gasteiger partial charge in [0.2, 0.25) is 5.82 Å². The van der Waals surface area contributed by atoms with Gasteiger partial charge in [0.25, 0.3) is 5.89 Å². The van der Waals surface area contributed by atoms with E-state index in [0.29, 0.717) is 23.3 Å². The number of hydrogen-bond acceptors (Lipinski definition) is 6. The van der Waals surface area contributed by atoms with E-state index in [1.54, 1.807) is 39.7 Å². The number of hydrogen-bond donors (Lipinski definition) is 1. The molecule has 0 radical (unpaired) electrons. The van der Waals surface area contributed by atoms with Gasteiger partial charge in [0, 0.05) is 15.6 Å². The molecule has 4 aromatic rings. The van der Waals surface area contributed by atoms with Gasteiger partial charge in [0.15, 0.2) is 0 Å². The summed E-state index contributed by atoms with van der Waals surface area (Å²) >= 11 is 9.23. The lowest BCUT2D eigenvalue weighted by Gasteiger charge is -2.35. The lowest BCUT2D eigenvalue weighted by Crippen LogP contribution is -2.45. The zero-order chi connectivity index (χ0) is 21.4. The first-order valence-corrected chi connectivity index (χ1v) is 11.7. The van der Waals surface area contributed by atoms with Crippen LogP contribution in [0.4, 0.5) is 4.79 Å². The Bertz CT molecular complexity index is 1230. The number of urea groups is 1. The van der Waals surface area contributed by atoms with Gasteiger partial charge in [0.1, 0.15) is 0 Å². The Morgan fingerprint density at radius 2 is 1.90 bits per heavy atom. The molecule has 0 fully saturated rings. The zero-order valence-corrected chi connectivity index (χ0v) is 18.8. The van der Waals surface area contributed by atoms with E-state index in [1.807, 2.05) is 54.1 Å². The smallest absolute Gasteiger partial charge is 0.322 e. The molecule has 3 aromatic heterocycles. The van der Waals surface area contributed by atoms with Gasteiger partial charge >= 0.3 is 6.03 Å². The molecule has 1 aliphatic heterocycles. The van der Waals surface area contributed by atoms with Crippen molar-refractivity contribution in [1.29, 1.82) is 0 Å². The highest BCUT2D eigenvalue weighted by atomic mass is 35.5. The molecule has 0 spiro atoms. The molecule has 31 heavy (non-hydrogen) atoms. The predicted molar refractivity (Wildman–Crippen MR) is 123 cm³/mol. The van der Waals surface area contributed by atoms with E-state index in [2.05, 4.69) is 15.5 Å². The Morgan fingerprint density at radius 3 is 2.61 bits per heavy atom. The average Bonchev–Trinajstić information content (AvgIpc) is 3.54. The van der Waals surface area contributed by atoms with Gasteiger partial charge in [0.05, 0.1) is 23.0 Å². The van der Waals surface area contributed by atoms with E-state index >= 15 is 0 Å². The van der Waals surface area contributed by atoms with Gasteiger partial charge in [-0.05, 0) is 47.5 Å². The maximum atomic E-state index is 13.0. The molecule has 5 rings (SSSR count). The fourth-order valence-electron chi connectivity index (χ4n) is 3.55. The highest BCUT2D eigenvalue weighted by Gasteiger charge is 2.36. The fourth-order valence-corrected chi connectivity index (χ4v) is 5.02. The number of aromatic nitrogens is 2. The third kappa shape index (κ3) is 3.89. The predicted octanol–water partition coefficient (Wildman–Crippen LogP) is 6.21. The summed E-state index contributed by atoms with van der Waals surface area (Å²) in [4.78, 5) is 21.4. The molecular formula is C22H17ClN4O2S2. The number of rotatable bonds is 5. The lowest BCUT2D eigenvalue weighted by atomic mass is 9.94. The lowest BCUT2D eigenvalue weighted by molar-refractivity contribution is 0.203. The third-order valence-corrected chi connectivity index (χ3v) is 7.07. The number of benzene rings is 1. The molecule has 1 atom stereocenters. The normalized spacial score (nSPS) is 16.6. The van der Waals surface area contributed by atoms with E-state index in [4.69, 9.17) is 16.1 Å². The summed E-state index contributed by atoms with van der Waals surface area (Å²) in [5.41, 5.74) is 2.44. The monoisotopic (exact) mass is 468 g/mol. The molecule has 6 nitrogen and oxygen atoms in total. The standard InChI is InChI=1S/C22H17ClN4O2S2/c1-13-18(21-25-20(26-29-21)17-5-3-11-31-17)19(14-6-8-15(23)9-7-14)24-22(28)27(13)12-16-4-2-10-30-16/h2-11,19H,12H2,1H3,(H,24,28). The number of halogens is 1. The highest BCUT2D eigenvalue weighted by Crippen LogP contribution is 2.38. The van der Waals surface area contributed by atoms with Crippen LogP contribution < -0.4 is 5.32 Å². The number of amides is 2. The summed E-state index contributed by atoms with van der Waals surface area (Å²) in [6, 6.07) is 14.7. The number of thiophene rings is 2. The third-order valence-electron chi connectivity index (χ3n) is 5.09. The van der Waals surface area contributed by atoms with Crippen LogP contribution in [0.1, 0.15) is 29.3 Å². The first-order chi connectivity index (χ1) is 15.1. The van der Waals surface area contributed by atoms with Crippen LogP contribution in [0.25, 0.3) is 16.3 Å². The Morgan fingerprint density at radius 1 is 1.13 bits per heavy atom. The van der Waals surface area contributed by atoms with E-state index < -0.39 is 6.04 Å². The van der Waals surface area contributed by atoms with Gasteiger partial charge in [-0.2, -0.15) is 4.98 Å². The van der Waals surface area contributed by atoms with Gasteiger partial charge in [-0.15, -0.1) is 22.7 Å². The van der Waals surface area contributed by atoms with Gasteiger partial charge < -0.3 is 9.84 Å². The van der Waals surface area contributed by atoms with Crippen LogP contribution in [0.15, 0.2) is 69.5 Å². The van der Waals surface area contributed by atoms with Crippen LogP contribution in [0.5, 0.6) is 0 Å². The van der Waals surface area contributed by atoms with Crippen molar-refractivity contribution in [3.05, 3.63) is 86.3 Å². The van der Waals surface area contributed by atoms with Crippen molar-refractivity contribution in [2.75, 3.05) is 0 Å². The van der Waals surface area contributed by atoms with Gasteiger partial charge in [-0.25, -0.2) is 4.79 Å². The molecule has 9 heteroatoms. The molecular weight excluding hydrogens is 452 g/mol. The van der Waals surface area contributed by atoms with Crippen molar-refractivity contribution >= 4 is 45.9 Å². The van der Waals surface area contributed by atoms with Crippen LogP contribution in [-0.4, -0.2) is 21.1 Å². The maximum absolute atomic E-state index is 13.0. The highest BCUT2D eigenvalue weighted by molar-refractivity contribution is 7.13. The first-order valence-electron chi connectivity index (χ1n) is 9.55. The summed E-state index contributed by atoms with van der Waals surface area (Å²) in [7, 11) is 0. The largest absolute Gasteiger partial charge is 0.334 e. The van der Waals surface area contributed by atoms with Gasteiger partial charge in [-0.3, -0.25) is 4.90 Å². The molecule has 1 unspecified atom stereocenters. The van der Waals surface area contributed by atoms with E-state index in [0.717, 1.165) is 26.6 Å². The fraction of sp³-hybridized carbons (Fsp3) is 0.136. The minimum absolute atomic E-state index is 0.174. The number of nitrogens with zero attached hydrogens (tertiary/aromatic N) is 3. The van der Waals surface area contributed by atoms with Crippen molar-refractivity contribution in [2.45, 2.75) is 19.5 Å². The zero-order valence-electron chi connectivity index (χ0n) is 16.4. The molecule has 2 amide bonds. The number of carbonyl (C=O) groups is 1. The summed E-state index contributed by atoms with van der Waals surface area (Å²) in [5, 5.41) is 11.9. The van der Waals surface area contributed by atoms with Gasteiger partial charge in [-0.1, -0.05) is 41.0 Å². The molecule has 156 valence electrons. The summed E-state index contributed by atoms with van der Waals surface area (Å²) in [6.07, 6.45) is 0. The Kier molecular flexibility index (Phi) is 5.35. The van der Waals surface area contributed by atoms with Crippen LogP contribution in [0.2, 0.25) is 5.02 Å². The van der Waals surface area contributed by atoms with Crippen molar-refractivity contribution in [3.63, 3.8) is 0 Å². The molecule has 1 aliphatic rings. The Labute approximate surface area is 191 Å². The SMILES string of the molecule is CC1=C(c2nc(-c3cccs3)no2)C(c2ccc(Cl)cc2)NC(=O)N1Cc1cccs1. The Balaban J connectivity index is 1.60. The van der Waals surface area contributed by atoms with Crippen LogP contribution in [0, 0.1) is 0 Å². The molecule has 0 aliphatic carbocycles. The quantitative estimate of drug-likeness (QED) is 0.378. The molecule has 1 N–H and O–H groups in total. The summed E-state index contributed by atoms with van der Waals surface area (Å²) in [5.74, 6) is 0.916. The minimum Gasteiger partial charge on any atom is -0.334 e. The molecule has 0 saturated carbocycles. The van der Waals surface area contributed by atoms with Crippen LogP contribution >= 0.6 is 34.3 Å². The second-order valence-electron chi connectivity index (χ2n) is 7.00. The molecule has 0 saturated heterocycles. The molecule has 0 bridgehead atoms.